The Morgan fingerprint density at radius 2 is 1.93 bits per heavy atom. The second-order valence-corrected chi connectivity index (χ2v) is 6.73. The molecule has 0 N–H and O–H groups in total. The molecular formula is C22H20FN5O. The fourth-order valence-electron chi connectivity index (χ4n) is 3.52. The van der Waals surface area contributed by atoms with E-state index < -0.39 is 0 Å². The lowest BCUT2D eigenvalue weighted by atomic mass is 9.99. The summed E-state index contributed by atoms with van der Waals surface area (Å²) >= 11 is 0. The van der Waals surface area contributed by atoms with Crippen LogP contribution < -0.4 is 0 Å². The van der Waals surface area contributed by atoms with Crippen molar-refractivity contribution in [2.24, 2.45) is 5.92 Å². The third-order valence-electron chi connectivity index (χ3n) is 4.87. The van der Waals surface area contributed by atoms with E-state index in [1.54, 1.807) is 30.6 Å². The Bertz CT molecular complexity index is 975. The summed E-state index contributed by atoms with van der Waals surface area (Å²) in [6, 6.07) is 11.9. The van der Waals surface area contributed by atoms with Gasteiger partial charge in [0.05, 0.1) is 11.3 Å². The van der Waals surface area contributed by atoms with Crippen LogP contribution in [0.4, 0.5) is 4.39 Å². The average Bonchev–Trinajstić information content (AvgIpc) is 3.25. The Hall–Kier alpha value is -3.66. The SMILES string of the molecule is C#N.O=C(c1cccnc1-c1ccncn1)N1CCC(Cc2ccc(F)cc2)C1. The zero-order chi connectivity index (χ0) is 20.6. The summed E-state index contributed by atoms with van der Waals surface area (Å²) in [4.78, 5) is 27.5. The van der Waals surface area contributed by atoms with Crippen molar-refractivity contribution in [1.29, 1.82) is 5.26 Å². The first-order valence-electron chi connectivity index (χ1n) is 9.21. The number of nitrogens with zero attached hydrogens (tertiary/aromatic N) is 5. The number of carbonyl (C=O) groups excluding carboxylic acids is 1. The van der Waals surface area contributed by atoms with E-state index in [9.17, 15) is 9.18 Å². The number of hydrogen-bond donors (Lipinski definition) is 0. The maximum Gasteiger partial charge on any atom is 0.256 e. The van der Waals surface area contributed by atoms with Crippen molar-refractivity contribution in [3.05, 3.63) is 78.1 Å². The molecule has 0 spiro atoms. The second-order valence-electron chi connectivity index (χ2n) is 6.73. The van der Waals surface area contributed by atoms with Gasteiger partial charge in [0.1, 0.15) is 17.8 Å². The summed E-state index contributed by atoms with van der Waals surface area (Å²) in [5.41, 5.74) is 2.86. The average molecular weight is 389 g/mol. The topological polar surface area (TPSA) is 82.8 Å². The highest BCUT2D eigenvalue weighted by atomic mass is 19.1. The largest absolute Gasteiger partial charge is 0.338 e. The predicted molar refractivity (Wildman–Crippen MR) is 106 cm³/mol. The Morgan fingerprint density at radius 3 is 2.66 bits per heavy atom. The van der Waals surface area contributed by atoms with Gasteiger partial charge in [0, 0.05) is 32.1 Å². The van der Waals surface area contributed by atoms with Crippen LogP contribution in [0.15, 0.2) is 61.2 Å². The molecule has 1 unspecified atom stereocenters. The van der Waals surface area contributed by atoms with Crippen LogP contribution in [0.5, 0.6) is 0 Å². The summed E-state index contributed by atoms with van der Waals surface area (Å²) in [7, 11) is 0. The van der Waals surface area contributed by atoms with Gasteiger partial charge in [-0.15, -0.1) is 0 Å². The molecule has 1 fully saturated rings. The molecule has 1 aliphatic rings. The van der Waals surface area contributed by atoms with Crippen molar-refractivity contribution in [2.75, 3.05) is 13.1 Å². The first-order chi connectivity index (χ1) is 14.2. The fraction of sp³-hybridized carbons (Fsp3) is 0.227. The Balaban J connectivity index is 0.00000117. The standard InChI is InChI=1S/C21H19FN4O.CHN/c22-17-5-3-15(4-6-17)12-16-8-11-26(13-16)21(27)18-2-1-9-24-20(18)19-7-10-23-14-25-19;1-2/h1-7,9-10,14,16H,8,11-13H2;1H. The number of aromatic nitrogens is 3. The van der Waals surface area contributed by atoms with E-state index in [2.05, 4.69) is 21.5 Å². The van der Waals surface area contributed by atoms with Gasteiger partial charge in [0.2, 0.25) is 0 Å². The van der Waals surface area contributed by atoms with E-state index in [-0.39, 0.29) is 11.7 Å². The van der Waals surface area contributed by atoms with Crippen molar-refractivity contribution in [1.82, 2.24) is 19.9 Å². The molecule has 1 amide bonds. The molecule has 1 aromatic carbocycles. The Kier molecular flexibility index (Phi) is 6.59. The van der Waals surface area contributed by atoms with Gasteiger partial charge in [0.25, 0.3) is 5.91 Å². The van der Waals surface area contributed by atoms with E-state index in [0.717, 1.165) is 18.4 Å². The van der Waals surface area contributed by atoms with Crippen molar-refractivity contribution >= 4 is 5.91 Å². The van der Waals surface area contributed by atoms with Crippen molar-refractivity contribution in [2.45, 2.75) is 12.8 Å². The van der Waals surface area contributed by atoms with Crippen molar-refractivity contribution < 1.29 is 9.18 Å². The highest BCUT2D eigenvalue weighted by molar-refractivity contribution is 5.99. The smallest absolute Gasteiger partial charge is 0.256 e. The molecule has 146 valence electrons. The summed E-state index contributed by atoms with van der Waals surface area (Å²) in [5, 5.41) is 6.50. The molecule has 6 nitrogen and oxygen atoms in total. The lowest BCUT2D eigenvalue weighted by Gasteiger charge is -2.18. The molecule has 1 aliphatic heterocycles. The highest BCUT2D eigenvalue weighted by Gasteiger charge is 2.28. The molecule has 0 radical (unpaired) electrons. The van der Waals surface area contributed by atoms with Gasteiger partial charge in [0.15, 0.2) is 0 Å². The van der Waals surface area contributed by atoms with Crippen LogP contribution in [0.3, 0.4) is 0 Å². The summed E-state index contributed by atoms with van der Waals surface area (Å²) in [6.45, 7) is 4.90. The van der Waals surface area contributed by atoms with Gasteiger partial charge in [-0.05, 0) is 54.7 Å². The fourth-order valence-corrected chi connectivity index (χ4v) is 3.52. The molecule has 3 heterocycles. The molecule has 29 heavy (non-hydrogen) atoms. The molecular weight excluding hydrogens is 369 g/mol. The number of likely N-dealkylation sites (tertiary alicyclic amines) is 1. The summed E-state index contributed by atoms with van der Waals surface area (Å²) in [6.07, 6.45) is 6.53. The number of amides is 1. The maximum absolute atomic E-state index is 13.1. The van der Waals surface area contributed by atoms with Crippen LogP contribution in [0.2, 0.25) is 0 Å². The summed E-state index contributed by atoms with van der Waals surface area (Å²) in [5.74, 6) is 0.118. The van der Waals surface area contributed by atoms with Gasteiger partial charge < -0.3 is 4.90 Å². The molecule has 2 aromatic heterocycles. The second kappa shape index (κ2) is 9.51. The van der Waals surface area contributed by atoms with E-state index in [0.29, 0.717) is 36.0 Å². The number of halogens is 1. The minimum absolute atomic E-state index is 0.0293. The molecule has 1 saturated heterocycles. The predicted octanol–water partition coefficient (Wildman–Crippen LogP) is 3.52. The van der Waals surface area contributed by atoms with Crippen LogP contribution in [0, 0.1) is 23.6 Å². The molecule has 0 saturated carbocycles. The van der Waals surface area contributed by atoms with E-state index >= 15 is 0 Å². The number of carbonyl (C=O) groups is 1. The first-order valence-corrected chi connectivity index (χ1v) is 9.21. The molecule has 4 rings (SSSR count). The zero-order valence-corrected chi connectivity index (χ0v) is 15.8. The van der Waals surface area contributed by atoms with Crippen LogP contribution in [0.1, 0.15) is 22.3 Å². The Morgan fingerprint density at radius 1 is 1.14 bits per heavy atom. The van der Waals surface area contributed by atoms with Crippen molar-refractivity contribution in [3.63, 3.8) is 0 Å². The molecule has 3 aromatic rings. The van der Waals surface area contributed by atoms with Crippen LogP contribution in [-0.2, 0) is 6.42 Å². The monoisotopic (exact) mass is 389 g/mol. The van der Waals surface area contributed by atoms with E-state index in [4.69, 9.17) is 5.26 Å². The lowest BCUT2D eigenvalue weighted by Crippen LogP contribution is -2.29. The number of hydrogen-bond acceptors (Lipinski definition) is 5. The lowest BCUT2D eigenvalue weighted by molar-refractivity contribution is 0.0787. The first kappa shape index (κ1) is 20.1. The van der Waals surface area contributed by atoms with Crippen LogP contribution in [0.25, 0.3) is 11.4 Å². The number of nitriles is 1. The number of rotatable bonds is 4. The molecule has 7 heteroatoms. The summed E-state index contributed by atoms with van der Waals surface area (Å²) < 4.78 is 13.1. The Labute approximate surface area is 168 Å². The van der Waals surface area contributed by atoms with Gasteiger partial charge in [-0.25, -0.2) is 19.6 Å². The van der Waals surface area contributed by atoms with E-state index in [1.807, 2.05) is 17.0 Å². The van der Waals surface area contributed by atoms with Gasteiger partial charge in [-0.3, -0.25) is 9.78 Å². The number of pyridine rings is 1. The highest BCUT2D eigenvalue weighted by Crippen LogP contribution is 2.25. The van der Waals surface area contributed by atoms with Crippen LogP contribution >= 0.6 is 0 Å². The van der Waals surface area contributed by atoms with Crippen LogP contribution in [-0.4, -0.2) is 38.8 Å². The maximum atomic E-state index is 13.1. The van der Waals surface area contributed by atoms with Gasteiger partial charge >= 0.3 is 0 Å². The minimum Gasteiger partial charge on any atom is -0.338 e. The molecule has 0 bridgehead atoms. The zero-order valence-electron chi connectivity index (χ0n) is 15.8. The van der Waals surface area contributed by atoms with Gasteiger partial charge in [-0.1, -0.05) is 12.1 Å². The third-order valence-corrected chi connectivity index (χ3v) is 4.87. The van der Waals surface area contributed by atoms with E-state index in [1.165, 1.54) is 18.5 Å². The molecule has 1 atom stereocenters. The van der Waals surface area contributed by atoms with Crippen molar-refractivity contribution in [3.8, 4) is 18.0 Å². The molecule has 0 aliphatic carbocycles. The third kappa shape index (κ3) is 4.79. The van der Waals surface area contributed by atoms with Gasteiger partial charge in [-0.2, -0.15) is 0 Å². The quantitative estimate of drug-likeness (QED) is 0.682. The normalized spacial score (nSPS) is 15.4. The number of benzene rings is 1. The minimum atomic E-state index is -0.226.